The molecule has 3 N–H and O–H groups in total. The average Bonchev–Trinajstić information content (AvgIpc) is 2.99. The predicted octanol–water partition coefficient (Wildman–Crippen LogP) is 3.90. The first-order valence-electron chi connectivity index (χ1n) is 9.65. The smallest absolute Gasteiger partial charge is 0.263 e. The second-order valence-electron chi connectivity index (χ2n) is 7.38. The van der Waals surface area contributed by atoms with Crippen molar-refractivity contribution in [2.24, 2.45) is 0 Å². The Balaban J connectivity index is 2.30. The summed E-state index contributed by atoms with van der Waals surface area (Å²) in [7, 11) is -0.812. The lowest BCUT2D eigenvalue weighted by molar-refractivity contribution is -0.353. The van der Waals surface area contributed by atoms with Gasteiger partial charge in [0.2, 0.25) is 10.0 Å². The van der Waals surface area contributed by atoms with Crippen LogP contribution in [0.2, 0.25) is 0 Å². The monoisotopic (exact) mass is 452 g/mol. The van der Waals surface area contributed by atoms with E-state index in [1.807, 2.05) is 0 Å². The fraction of sp³-hybridized carbons (Fsp3) is 0.273. The predicted molar refractivity (Wildman–Crippen MR) is 115 cm³/mol. The average molecular weight is 453 g/mol. The second kappa shape index (κ2) is 8.86. The topological polar surface area (TPSA) is 70.0 Å². The van der Waals surface area contributed by atoms with E-state index in [2.05, 4.69) is 5.73 Å². The molecule has 0 fully saturated rings. The Morgan fingerprint density at radius 2 is 1.90 bits per heavy atom. The van der Waals surface area contributed by atoms with E-state index in [1.165, 1.54) is 44.4 Å². The summed E-state index contributed by atoms with van der Waals surface area (Å²) in [6, 6.07) is 10.6. The highest BCUT2D eigenvalue weighted by atomic mass is 32.2. The van der Waals surface area contributed by atoms with Gasteiger partial charge in [-0.3, -0.25) is 0 Å². The molecule has 9 heteroatoms. The Bertz CT molecular complexity index is 1250. The van der Waals surface area contributed by atoms with Crippen LogP contribution in [-0.2, 0) is 16.6 Å². The molecule has 31 heavy (non-hydrogen) atoms. The summed E-state index contributed by atoms with van der Waals surface area (Å²) in [5.74, 6) is -0.386. The van der Waals surface area contributed by atoms with E-state index >= 15 is 0 Å². The number of fused-ring (bicyclic) bond motifs is 1. The van der Waals surface area contributed by atoms with Crippen molar-refractivity contribution in [3.05, 3.63) is 65.6 Å². The van der Waals surface area contributed by atoms with E-state index < -0.39 is 16.4 Å². The number of sulfonamides is 1. The van der Waals surface area contributed by atoms with Gasteiger partial charge in [-0.1, -0.05) is 18.2 Å². The standard InChI is InChI=1S/C22H24F3N3O2S/c1-14-21(15-5-4-6-18(11-15)31(29,30)27(2)3)19-12-16(22(24)25)7-8-20(19)28(14)13-17(23)9-10-26/h4-9,11-12,22H,10,13,26H2,1-3H3/p+1/b17-9-. The van der Waals surface area contributed by atoms with Gasteiger partial charge >= 0.3 is 0 Å². The molecule has 0 radical (unpaired) electrons. The third-order valence-corrected chi connectivity index (χ3v) is 6.99. The Morgan fingerprint density at radius 1 is 1.19 bits per heavy atom. The number of hydrogen-bond acceptors (Lipinski definition) is 2. The summed E-state index contributed by atoms with van der Waals surface area (Å²) < 4.78 is 69.1. The normalized spacial score (nSPS) is 13.0. The minimum atomic E-state index is -3.68. The molecule has 0 aliphatic carbocycles. The van der Waals surface area contributed by atoms with Crippen LogP contribution in [0.5, 0.6) is 0 Å². The minimum absolute atomic E-state index is 0.0679. The summed E-state index contributed by atoms with van der Waals surface area (Å²) in [5.41, 5.74) is 5.84. The number of benzene rings is 2. The summed E-state index contributed by atoms with van der Waals surface area (Å²) in [6.45, 7) is 1.99. The molecule has 0 spiro atoms. The van der Waals surface area contributed by atoms with Gasteiger partial charge in [-0.15, -0.1) is 0 Å². The lowest BCUT2D eigenvalue weighted by Gasteiger charge is -2.13. The number of quaternary nitrogens is 1. The highest BCUT2D eigenvalue weighted by Gasteiger charge is 2.22. The zero-order valence-electron chi connectivity index (χ0n) is 17.6. The zero-order valence-corrected chi connectivity index (χ0v) is 18.4. The second-order valence-corrected chi connectivity index (χ2v) is 9.53. The number of halogens is 3. The third kappa shape index (κ3) is 4.39. The highest BCUT2D eigenvalue weighted by molar-refractivity contribution is 7.89. The summed E-state index contributed by atoms with van der Waals surface area (Å²) in [6.07, 6.45) is -1.30. The quantitative estimate of drug-likeness (QED) is 0.591. The number of rotatable bonds is 7. The summed E-state index contributed by atoms with van der Waals surface area (Å²) >= 11 is 0. The molecule has 0 saturated carbocycles. The van der Waals surface area contributed by atoms with Gasteiger partial charge in [0, 0.05) is 47.9 Å². The van der Waals surface area contributed by atoms with Gasteiger partial charge in [0.15, 0.2) is 0 Å². The first-order chi connectivity index (χ1) is 14.6. The van der Waals surface area contributed by atoms with Crippen LogP contribution in [0.25, 0.3) is 22.0 Å². The fourth-order valence-electron chi connectivity index (χ4n) is 3.60. The van der Waals surface area contributed by atoms with Crippen LogP contribution in [0.3, 0.4) is 0 Å². The number of aromatic nitrogens is 1. The van der Waals surface area contributed by atoms with E-state index in [9.17, 15) is 21.6 Å². The lowest BCUT2D eigenvalue weighted by Crippen LogP contribution is -2.49. The van der Waals surface area contributed by atoms with Crippen LogP contribution < -0.4 is 5.73 Å². The van der Waals surface area contributed by atoms with Gasteiger partial charge in [0.1, 0.15) is 5.83 Å². The van der Waals surface area contributed by atoms with Gasteiger partial charge in [-0.05, 0) is 36.8 Å². The SMILES string of the molecule is Cc1c(-c2cccc(S(=O)(=O)N(C)C)c2)c2cc(C(F)F)ccc2n1C/C(F)=C/C[NH3+]. The van der Waals surface area contributed by atoms with Crippen molar-refractivity contribution in [1.82, 2.24) is 8.87 Å². The molecule has 3 rings (SSSR count). The Kier molecular flexibility index (Phi) is 6.59. The van der Waals surface area contributed by atoms with Crippen molar-refractivity contribution in [2.75, 3.05) is 20.6 Å². The van der Waals surface area contributed by atoms with Crippen LogP contribution >= 0.6 is 0 Å². The van der Waals surface area contributed by atoms with Crippen LogP contribution in [0.1, 0.15) is 17.7 Å². The van der Waals surface area contributed by atoms with Crippen LogP contribution in [-0.4, -0.2) is 37.9 Å². The molecule has 0 amide bonds. The number of nitrogens with zero attached hydrogens (tertiary/aromatic N) is 2. The van der Waals surface area contributed by atoms with Gasteiger partial charge in [-0.25, -0.2) is 25.9 Å². The maximum Gasteiger partial charge on any atom is 0.263 e. The molecule has 3 aromatic rings. The summed E-state index contributed by atoms with van der Waals surface area (Å²) in [4.78, 5) is 0.0865. The van der Waals surface area contributed by atoms with Crippen molar-refractivity contribution in [2.45, 2.75) is 24.8 Å². The molecule has 0 unspecified atom stereocenters. The van der Waals surface area contributed by atoms with E-state index in [4.69, 9.17) is 0 Å². The van der Waals surface area contributed by atoms with Gasteiger partial charge < -0.3 is 10.3 Å². The molecule has 0 saturated heterocycles. The van der Waals surface area contributed by atoms with Crippen LogP contribution in [0.15, 0.2) is 59.3 Å². The largest absolute Gasteiger partial charge is 0.354 e. The Labute approximate surface area is 179 Å². The van der Waals surface area contributed by atoms with Gasteiger partial charge in [-0.2, -0.15) is 0 Å². The molecule has 0 aliphatic rings. The molecule has 0 aliphatic heterocycles. The van der Waals surface area contributed by atoms with Crippen molar-refractivity contribution in [3.63, 3.8) is 0 Å². The van der Waals surface area contributed by atoms with Crippen molar-refractivity contribution < 1.29 is 27.3 Å². The lowest BCUT2D eigenvalue weighted by atomic mass is 10.0. The molecule has 2 aromatic carbocycles. The van der Waals surface area contributed by atoms with Gasteiger partial charge in [0.05, 0.1) is 18.0 Å². The van der Waals surface area contributed by atoms with Crippen molar-refractivity contribution in [3.8, 4) is 11.1 Å². The van der Waals surface area contributed by atoms with Crippen molar-refractivity contribution >= 4 is 20.9 Å². The molecule has 0 atom stereocenters. The molecule has 1 heterocycles. The van der Waals surface area contributed by atoms with E-state index in [0.717, 1.165) is 4.31 Å². The maximum atomic E-state index is 14.3. The number of alkyl halides is 2. The fourth-order valence-corrected chi connectivity index (χ4v) is 4.55. The van der Waals surface area contributed by atoms with Crippen LogP contribution in [0.4, 0.5) is 13.2 Å². The number of hydrogen-bond donors (Lipinski definition) is 1. The highest BCUT2D eigenvalue weighted by Crippen LogP contribution is 2.38. The van der Waals surface area contributed by atoms with Crippen LogP contribution in [0, 0.1) is 6.92 Å². The Morgan fingerprint density at radius 3 is 2.52 bits per heavy atom. The van der Waals surface area contributed by atoms with Crippen molar-refractivity contribution in [1.29, 1.82) is 0 Å². The molecular weight excluding hydrogens is 427 g/mol. The summed E-state index contributed by atoms with van der Waals surface area (Å²) in [5, 5.41) is 0.511. The first-order valence-corrected chi connectivity index (χ1v) is 11.1. The number of allylic oxidation sites excluding steroid dienone is 1. The van der Waals surface area contributed by atoms with Gasteiger partial charge in [0.25, 0.3) is 6.43 Å². The van der Waals surface area contributed by atoms with E-state index in [-0.39, 0.29) is 29.4 Å². The molecule has 5 nitrogen and oxygen atoms in total. The molecule has 166 valence electrons. The molecular formula is C22H25F3N3O2S+. The first kappa shape index (κ1) is 23.1. The van der Waals surface area contributed by atoms with E-state index in [0.29, 0.717) is 27.7 Å². The maximum absolute atomic E-state index is 14.3. The minimum Gasteiger partial charge on any atom is -0.354 e. The molecule has 1 aromatic heterocycles. The van der Waals surface area contributed by atoms with E-state index in [1.54, 1.807) is 29.7 Å². The zero-order chi connectivity index (χ0) is 22.9. The molecule has 0 bridgehead atoms. The third-order valence-electron chi connectivity index (χ3n) is 5.18. The Hall–Kier alpha value is -2.62.